The van der Waals surface area contributed by atoms with E-state index in [9.17, 15) is 4.79 Å². The molecule has 1 heterocycles. The molecule has 0 fully saturated rings. The van der Waals surface area contributed by atoms with Crippen molar-refractivity contribution in [2.24, 2.45) is 0 Å². The van der Waals surface area contributed by atoms with E-state index in [1.807, 2.05) is 24.3 Å². The predicted molar refractivity (Wildman–Crippen MR) is 92.6 cm³/mol. The van der Waals surface area contributed by atoms with Gasteiger partial charge in [-0.1, -0.05) is 48.9 Å². The second-order valence-corrected chi connectivity index (χ2v) is 5.94. The standard InChI is InChI=1S/C20H21NO2/c1-4-17(16-10-9-13(2)11-14(16)3)21-20(22)19-12-15-7-5-6-8-18(15)23-19/h5-12,17H,4H2,1-3H3,(H,21,22). The molecule has 3 rings (SSSR count). The minimum Gasteiger partial charge on any atom is -0.451 e. The van der Waals surface area contributed by atoms with E-state index in [1.54, 1.807) is 6.07 Å². The quantitative estimate of drug-likeness (QED) is 0.742. The molecule has 2 aromatic carbocycles. The molecule has 0 aliphatic rings. The summed E-state index contributed by atoms with van der Waals surface area (Å²) < 4.78 is 5.65. The fourth-order valence-electron chi connectivity index (χ4n) is 2.94. The van der Waals surface area contributed by atoms with Crippen LogP contribution < -0.4 is 5.32 Å². The van der Waals surface area contributed by atoms with Crippen molar-refractivity contribution in [1.82, 2.24) is 5.32 Å². The van der Waals surface area contributed by atoms with Crippen molar-refractivity contribution in [3.05, 3.63) is 71.0 Å². The van der Waals surface area contributed by atoms with E-state index in [0.29, 0.717) is 5.76 Å². The van der Waals surface area contributed by atoms with E-state index >= 15 is 0 Å². The molecule has 1 N–H and O–H groups in total. The van der Waals surface area contributed by atoms with Gasteiger partial charge in [0.1, 0.15) is 5.58 Å². The third kappa shape index (κ3) is 3.14. The van der Waals surface area contributed by atoms with E-state index in [1.165, 1.54) is 11.1 Å². The van der Waals surface area contributed by atoms with Crippen LogP contribution in [-0.4, -0.2) is 5.91 Å². The average molecular weight is 307 g/mol. The summed E-state index contributed by atoms with van der Waals surface area (Å²) in [5.74, 6) is 0.183. The first kappa shape index (κ1) is 15.3. The smallest absolute Gasteiger partial charge is 0.287 e. The summed E-state index contributed by atoms with van der Waals surface area (Å²) in [4.78, 5) is 12.5. The summed E-state index contributed by atoms with van der Waals surface area (Å²) in [6.45, 7) is 6.23. The lowest BCUT2D eigenvalue weighted by Gasteiger charge is -2.19. The van der Waals surface area contributed by atoms with E-state index < -0.39 is 0 Å². The third-order valence-electron chi connectivity index (χ3n) is 4.16. The zero-order chi connectivity index (χ0) is 16.4. The Kier molecular flexibility index (Phi) is 4.20. The van der Waals surface area contributed by atoms with Gasteiger partial charge in [0.25, 0.3) is 5.91 Å². The Bertz CT molecular complexity index is 815. The summed E-state index contributed by atoms with van der Waals surface area (Å²) >= 11 is 0. The predicted octanol–water partition coefficient (Wildman–Crippen LogP) is 4.93. The van der Waals surface area contributed by atoms with Crippen LogP contribution in [0.25, 0.3) is 11.0 Å². The number of amides is 1. The number of carbonyl (C=O) groups is 1. The lowest BCUT2D eigenvalue weighted by Crippen LogP contribution is -2.28. The summed E-state index contributed by atoms with van der Waals surface area (Å²) in [6.07, 6.45) is 0.829. The highest BCUT2D eigenvalue weighted by Crippen LogP contribution is 2.24. The van der Waals surface area contributed by atoms with Gasteiger partial charge in [0.2, 0.25) is 0 Å². The van der Waals surface area contributed by atoms with Gasteiger partial charge in [-0.25, -0.2) is 0 Å². The zero-order valence-electron chi connectivity index (χ0n) is 13.7. The first-order chi connectivity index (χ1) is 11.1. The van der Waals surface area contributed by atoms with Gasteiger partial charge in [-0.3, -0.25) is 4.79 Å². The van der Waals surface area contributed by atoms with Crippen LogP contribution in [0.5, 0.6) is 0 Å². The second-order valence-electron chi connectivity index (χ2n) is 5.94. The number of aryl methyl sites for hydroxylation is 2. The summed E-state index contributed by atoms with van der Waals surface area (Å²) in [6, 6.07) is 15.7. The Balaban J connectivity index is 1.84. The largest absolute Gasteiger partial charge is 0.451 e. The molecule has 3 heteroatoms. The number of nitrogens with one attached hydrogen (secondary N) is 1. The van der Waals surface area contributed by atoms with Crippen LogP contribution in [0, 0.1) is 13.8 Å². The van der Waals surface area contributed by atoms with Gasteiger partial charge in [-0.15, -0.1) is 0 Å². The highest BCUT2D eigenvalue weighted by molar-refractivity contribution is 5.96. The van der Waals surface area contributed by atoms with Crippen molar-refractivity contribution in [3.63, 3.8) is 0 Å². The number of hydrogen-bond acceptors (Lipinski definition) is 2. The van der Waals surface area contributed by atoms with Crippen LogP contribution >= 0.6 is 0 Å². The van der Waals surface area contributed by atoms with Crippen molar-refractivity contribution in [2.75, 3.05) is 0 Å². The molecular formula is C20H21NO2. The normalized spacial score (nSPS) is 12.3. The van der Waals surface area contributed by atoms with Crippen molar-refractivity contribution >= 4 is 16.9 Å². The second kappa shape index (κ2) is 6.29. The number of rotatable bonds is 4. The minimum absolute atomic E-state index is 0.0173. The fraction of sp³-hybridized carbons (Fsp3) is 0.250. The van der Waals surface area contributed by atoms with Crippen LogP contribution in [0.4, 0.5) is 0 Å². The van der Waals surface area contributed by atoms with Crippen LogP contribution in [0.3, 0.4) is 0 Å². The van der Waals surface area contributed by atoms with Crippen molar-refractivity contribution < 1.29 is 9.21 Å². The molecule has 1 unspecified atom stereocenters. The maximum Gasteiger partial charge on any atom is 0.287 e. The van der Waals surface area contributed by atoms with Crippen LogP contribution in [0.1, 0.15) is 46.6 Å². The van der Waals surface area contributed by atoms with E-state index in [4.69, 9.17) is 4.42 Å². The Morgan fingerprint density at radius 1 is 1.13 bits per heavy atom. The molecule has 0 aliphatic heterocycles. The van der Waals surface area contributed by atoms with Crippen molar-refractivity contribution in [1.29, 1.82) is 0 Å². The van der Waals surface area contributed by atoms with Crippen LogP contribution in [0.15, 0.2) is 52.9 Å². The molecular weight excluding hydrogens is 286 g/mol. The molecule has 23 heavy (non-hydrogen) atoms. The van der Waals surface area contributed by atoms with E-state index in [0.717, 1.165) is 23.0 Å². The van der Waals surface area contributed by atoms with Gasteiger partial charge >= 0.3 is 0 Å². The molecule has 3 nitrogen and oxygen atoms in total. The first-order valence-corrected chi connectivity index (χ1v) is 7.95. The molecule has 118 valence electrons. The Labute approximate surface area is 136 Å². The molecule has 1 atom stereocenters. The lowest BCUT2D eigenvalue weighted by atomic mass is 9.97. The van der Waals surface area contributed by atoms with Crippen molar-refractivity contribution in [2.45, 2.75) is 33.2 Å². The maximum atomic E-state index is 12.5. The van der Waals surface area contributed by atoms with Gasteiger partial charge in [-0.05, 0) is 43.5 Å². The summed E-state index contributed by atoms with van der Waals surface area (Å²) in [7, 11) is 0. The number of benzene rings is 2. The molecule has 3 aromatic rings. The summed E-state index contributed by atoms with van der Waals surface area (Å²) in [5.41, 5.74) is 4.31. The van der Waals surface area contributed by atoms with Gasteiger partial charge in [0.15, 0.2) is 5.76 Å². The Morgan fingerprint density at radius 3 is 2.61 bits per heavy atom. The SMILES string of the molecule is CCC(NC(=O)c1cc2ccccc2o1)c1ccc(C)cc1C. The molecule has 0 saturated heterocycles. The third-order valence-corrected chi connectivity index (χ3v) is 4.16. The number of furan rings is 1. The molecule has 1 aromatic heterocycles. The highest BCUT2D eigenvalue weighted by atomic mass is 16.3. The first-order valence-electron chi connectivity index (χ1n) is 7.95. The molecule has 0 aliphatic carbocycles. The average Bonchev–Trinajstić information content (AvgIpc) is 2.97. The van der Waals surface area contributed by atoms with E-state index in [-0.39, 0.29) is 11.9 Å². The monoisotopic (exact) mass is 307 g/mol. The van der Waals surface area contributed by atoms with Gasteiger partial charge < -0.3 is 9.73 Å². The Morgan fingerprint density at radius 2 is 1.91 bits per heavy atom. The number of fused-ring (bicyclic) bond motifs is 1. The van der Waals surface area contributed by atoms with Gasteiger partial charge in [0, 0.05) is 5.39 Å². The number of hydrogen-bond donors (Lipinski definition) is 1. The van der Waals surface area contributed by atoms with E-state index in [2.05, 4.69) is 44.3 Å². The Hall–Kier alpha value is -2.55. The topological polar surface area (TPSA) is 42.2 Å². The molecule has 0 spiro atoms. The van der Waals surface area contributed by atoms with Gasteiger partial charge in [0.05, 0.1) is 6.04 Å². The highest BCUT2D eigenvalue weighted by Gasteiger charge is 2.18. The fourth-order valence-corrected chi connectivity index (χ4v) is 2.94. The molecule has 1 amide bonds. The zero-order valence-corrected chi connectivity index (χ0v) is 13.7. The number of para-hydroxylation sites is 1. The molecule has 0 bridgehead atoms. The van der Waals surface area contributed by atoms with Gasteiger partial charge in [-0.2, -0.15) is 0 Å². The minimum atomic E-state index is -0.173. The molecule has 0 radical (unpaired) electrons. The molecule has 0 saturated carbocycles. The summed E-state index contributed by atoms with van der Waals surface area (Å²) in [5, 5.41) is 4.03. The van der Waals surface area contributed by atoms with Crippen LogP contribution in [-0.2, 0) is 0 Å². The van der Waals surface area contributed by atoms with Crippen molar-refractivity contribution in [3.8, 4) is 0 Å². The maximum absolute atomic E-state index is 12.5. The lowest BCUT2D eigenvalue weighted by molar-refractivity contribution is 0.0909. The number of carbonyl (C=O) groups excluding carboxylic acids is 1. The van der Waals surface area contributed by atoms with Crippen LogP contribution in [0.2, 0.25) is 0 Å².